The fraction of sp³-hybridized carbons (Fsp3) is 0.400. The van der Waals surface area contributed by atoms with Crippen LogP contribution < -0.4 is 5.32 Å². The molecule has 1 N–H and O–H groups in total. The van der Waals surface area contributed by atoms with Crippen molar-refractivity contribution in [2.24, 2.45) is 0 Å². The maximum absolute atomic E-state index is 12.3. The molecular formula is C20H23N3O2. The van der Waals surface area contributed by atoms with Gasteiger partial charge in [0.05, 0.1) is 12.8 Å². The maximum atomic E-state index is 12.3. The summed E-state index contributed by atoms with van der Waals surface area (Å²) in [5.41, 5.74) is 3.35. The summed E-state index contributed by atoms with van der Waals surface area (Å²) in [4.78, 5) is 12.3. The Morgan fingerprint density at radius 1 is 1.44 bits per heavy atom. The molecule has 0 atom stereocenters. The Kier molecular flexibility index (Phi) is 5.08. The fourth-order valence-electron chi connectivity index (χ4n) is 3.65. The van der Waals surface area contributed by atoms with E-state index in [2.05, 4.69) is 29.8 Å². The zero-order chi connectivity index (χ0) is 17.8. The van der Waals surface area contributed by atoms with Gasteiger partial charge in [0.1, 0.15) is 17.4 Å². The van der Waals surface area contributed by atoms with E-state index in [1.54, 1.807) is 24.5 Å². The van der Waals surface area contributed by atoms with Crippen LogP contribution >= 0.6 is 0 Å². The zero-order valence-electron chi connectivity index (χ0n) is 14.7. The number of aryl methyl sites for hydroxylation is 1. The van der Waals surface area contributed by atoms with Crippen LogP contribution in [-0.4, -0.2) is 10.5 Å². The van der Waals surface area contributed by atoms with Gasteiger partial charge in [-0.25, -0.2) is 0 Å². The van der Waals surface area contributed by atoms with Crippen molar-refractivity contribution >= 4 is 12.0 Å². The monoisotopic (exact) mass is 337 g/mol. The lowest BCUT2D eigenvalue weighted by Crippen LogP contribution is -2.23. The molecule has 130 valence electrons. The van der Waals surface area contributed by atoms with Gasteiger partial charge >= 0.3 is 0 Å². The van der Waals surface area contributed by atoms with E-state index in [0.29, 0.717) is 11.8 Å². The number of aromatic nitrogens is 1. The van der Waals surface area contributed by atoms with E-state index in [0.717, 1.165) is 11.3 Å². The molecule has 0 aliphatic heterocycles. The molecule has 1 aliphatic carbocycles. The van der Waals surface area contributed by atoms with Gasteiger partial charge < -0.3 is 14.3 Å². The highest BCUT2D eigenvalue weighted by Gasteiger charge is 2.21. The Hall–Kier alpha value is -2.74. The van der Waals surface area contributed by atoms with Crippen LogP contribution in [0.15, 0.2) is 34.5 Å². The van der Waals surface area contributed by atoms with Crippen molar-refractivity contribution in [3.63, 3.8) is 0 Å². The molecule has 3 rings (SSSR count). The first-order chi connectivity index (χ1) is 12.1. The highest BCUT2D eigenvalue weighted by molar-refractivity contribution is 6.01. The lowest BCUT2D eigenvalue weighted by atomic mass is 10.1. The van der Waals surface area contributed by atoms with Crippen molar-refractivity contribution in [2.75, 3.05) is 0 Å². The van der Waals surface area contributed by atoms with Gasteiger partial charge in [-0.3, -0.25) is 4.79 Å². The zero-order valence-corrected chi connectivity index (χ0v) is 14.7. The number of carbonyl (C=O) groups excluding carboxylic acids is 1. The largest absolute Gasteiger partial charge is 0.467 e. The number of nitrogens with zero attached hydrogens (tertiary/aromatic N) is 2. The Morgan fingerprint density at radius 3 is 2.84 bits per heavy atom. The summed E-state index contributed by atoms with van der Waals surface area (Å²) < 4.78 is 7.55. The molecule has 0 saturated heterocycles. The van der Waals surface area contributed by atoms with E-state index < -0.39 is 0 Å². The second kappa shape index (κ2) is 7.43. The summed E-state index contributed by atoms with van der Waals surface area (Å²) >= 11 is 0. The number of furan rings is 1. The Labute approximate surface area is 147 Å². The highest BCUT2D eigenvalue weighted by atomic mass is 16.3. The summed E-state index contributed by atoms with van der Waals surface area (Å²) in [5.74, 6) is 0.273. The van der Waals surface area contributed by atoms with Crippen LogP contribution in [0.3, 0.4) is 0 Å². The first-order valence-electron chi connectivity index (χ1n) is 8.71. The van der Waals surface area contributed by atoms with Gasteiger partial charge in [0, 0.05) is 17.4 Å². The van der Waals surface area contributed by atoms with Crippen LogP contribution in [0.5, 0.6) is 0 Å². The van der Waals surface area contributed by atoms with Crippen LogP contribution in [0.1, 0.15) is 54.4 Å². The first kappa shape index (κ1) is 17.1. The van der Waals surface area contributed by atoms with Crippen molar-refractivity contribution in [1.82, 2.24) is 9.88 Å². The fourth-order valence-corrected chi connectivity index (χ4v) is 3.65. The van der Waals surface area contributed by atoms with Crippen LogP contribution in [0.25, 0.3) is 6.08 Å². The molecule has 25 heavy (non-hydrogen) atoms. The van der Waals surface area contributed by atoms with Gasteiger partial charge in [0.25, 0.3) is 5.91 Å². The van der Waals surface area contributed by atoms with Crippen molar-refractivity contribution in [2.45, 2.75) is 52.1 Å². The lowest BCUT2D eigenvalue weighted by Gasteiger charge is -2.17. The van der Waals surface area contributed by atoms with Gasteiger partial charge in [0.15, 0.2) is 0 Å². The molecule has 5 nitrogen and oxygen atoms in total. The number of hydrogen-bond acceptors (Lipinski definition) is 3. The molecule has 0 radical (unpaired) electrons. The van der Waals surface area contributed by atoms with Gasteiger partial charge in [-0.15, -0.1) is 0 Å². The normalized spacial score (nSPS) is 15.3. The van der Waals surface area contributed by atoms with Gasteiger partial charge in [-0.1, -0.05) is 12.8 Å². The number of rotatable bonds is 5. The molecule has 5 heteroatoms. The SMILES string of the molecule is Cc1cc(C=C(C#N)C(=O)NCc2ccco2)c(C)n1C1CCCC1. The number of nitrogens with one attached hydrogen (secondary N) is 1. The Bertz CT molecular complexity index is 816. The summed E-state index contributed by atoms with van der Waals surface area (Å²) in [6, 6.07) is 8.16. The molecule has 1 saturated carbocycles. The number of amides is 1. The van der Waals surface area contributed by atoms with Crippen LogP contribution in [0.4, 0.5) is 0 Å². The molecular weight excluding hydrogens is 314 g/mol. The molecule has 0 unspecified atom stereocenters. The molecule has 0 aromatic carbocycles. The summed E-state index contributed by atoms with van der Waals surface area (Å²) in [7, 11) is 0. The molecule has 1 aliphatic rings. The lowest BCUT2D eigenvalue weighted by molar-refractivity contribution is -0.117. The molecule has 2 heterocycles. The van der Waals surface area contributed by atoms with E-state index in [1.807, 2.05) is 6.07 Å². The highest BCUT2D eigenvalue weighted by Crippen LogP contribution is 2.33. The average Bonchev–Trinajstić information content (AvgIpc) is 3.33. The van der Waals surface area contributed by atoms with Crippen LogP contribution in [-0.2, 0) is 11.3 Å². The standard InChI is InChI=1S/C20H23N3O2/c1-14-10-16(15(2)23(14)18-6-3-4-7-18)11-17(12-21)20(24)22-13-19-8-5-9-25-19/h5,8-11,18H,3-4,6-7,13H2,1-2H3,(H,22,24). The third-order valence-corrected chi connectivity index (χ3v) is 4.88. The van der Waals surface area contributed by atoms with Crippen molar-refractivity contribution in [3.05, 3.63) is 52.7 Å². The maximum Gasteiger partial charge on any atom is 0.262 e. The molecule has 1 fully saturated rings. The first-order valence-corrected chi connectivity index (χ1v) is 8.71. The molecule has 2 aromatic heterocycles. The molecule has 2 aromatic rings. The smallest absolute Gasteiger partial charge is 0.262 e. The van der Waals surface area contributed by atoms with Crippen LogP contribution in [0.2, 0.25) is 0 Å². The predicted octanol–water partition coefficient (Wildman–Crippen LogP) is 4.04. The summed E-state index contributed by atoms with van der Waals surface area (Å²) in [6.45, 7) is 4.42. The molecule has 0 spiro atoms. The van der Waals surface area contributed by atoms with E-state index in [9.17, 15) is 10.1 Å². The van der Waals surface area contributed by atoms with E-state index in [1.165, 1.54) is 31.4 Å². The minimum Gasteiger partial charge on any atom is -0.467 e. The number of hydrogen-bond donors (Lipinski definition) is 1. The van der Waals surface area contributed by atoms with Gasteiger partial charge in [0.2, 0.25) is 0 Å². The number of carbonyl (C=O) groups is 1. The second-order valence-corrected chi connectivity index (χ2v) is 6.57. The topological polar surface area (TPSA) is 71.0 Å². The van der Waals surface area contributed by atoms with E-state index >= 15 is 0 Å². The number of nitriles is 1. The van der Waals surface area contributed by atoms with Crippen LogP contribution in [0, 0.1) is 25.2 Å². The van der Waals surface area contributed by atoms with Crippen molar-refractivity contribution in [1.29, 1.82) is 5.26 Å². The Balaban J connectivity index is 1.78. The van der Waals surface area contributed by atoms with Gasteiger partial charge in [-0.05, 0) is 56.5 Å². The third-order valence-electron chi connectivity index (χ3n) is 4.88. The Morgan fingerprint density at radius 2 is 2.20 bits per heavy atom. The minimum absolute atomic E-state index is 0.109. The minimum atomic E-state index is -0.385. The molecule has 1 amide bonds. The quantitative estimate of drug-likeness (QED) is 0.661. The summed E-state index contributed by atoms with van der Waals surface area (Å²) in [6.07, 6.45) is 8.19. The van der Waals surface area contributed by atoms with Crippen molar-refractivity contribution < 1.29 is 9.21 Å². The second-order valence-electron chi connectivity index (χ2n) is 6.57. The predicted molar refractivity (Wildman–Crippen MR) is 95.6 cm³/mol. The summed E-state index contributed by atoms with van der Waals surface area (Å²) in [5, 5.41) is 12.1. The van der Waals surface area contributed by atoms with E-state index in [4.69, 9.17) is 4.42 Å². The third kappa shape index (κ3) is 3.69. The van der Waals surface area contributed by atoms with Crippen molar-refractivity contribution in [3.8, 4) is 6.07 Å². The van der Waals surface area contributed by atoms with E-state index in [-0.39, 0.29) is 18.0 Å². The van der Waals surface area contributed by atoms with Gasteiger partial charge in [-0.2, -0.15) is 5.26 Å². The average molecular weight is 337 g/mol. The molecule has 0 bridgehead atoms.